The lowest BCUT2D eigenvalue weighted by Gasteiger charge is -2.32. The number of pyridine rings is 1. The molecule has 1 aromatic carbocycles. The van der Waals surface area contributed by atoms with Crippen LogP contribution in [0, 0.1) is 5.92 Å². The smallest absolute Gasteiger partial charge is 0.255 e. The Labute approximate surface area is 160 Å². The second kappa shape index (κ2) is 8.53. The van der Waals surface area contributed by atoms with Crippen LogP contribution in [0.1, 0.15) is 41.7 Å². The lowest BCUT2D eigenvalue weighted by molar-refractivity contribution is 0.0940. The number of piperidine rings is 1. The molecular weight excluding hydrogens is 338 g/mol. The molecular formula is C22H27N3O2. The highest BCUT2D eigenvalue weighted by molar-refractivity contribution is 5.97. The summed E-state index contributed by atoms with van der Waals surface area (Å²) in [7, 11) is 0. The van der Waals surface area contributed by atoms with Crippen molar-refractivity contribution in [3.63, 3.8) is 0 Å². The molecule has 27 heavy (non-hydrogen) atoms. The maximum absolute atomic E-state index is 12.4. The summed E-state index contributed by atoms with van der Waals surface area (Å²) in [5.74, 6) is 1.15. The lowest BCUT2D eigenvalue weighted by atomic mass is 9.98. The van der Waals surface area contributed by atoms with E-state index in [-0.39, 0.29) is 5.91 Å². The van der Waals surface area contributed by atoms with Crippen molar-refractivity contribution >= 4 is 5.91 Å². The molecule has 0 bridgehead atoms. The van der Waals surface area contributed by atoms with Crippen molar-refractivity contribution in [1.29, 1.82) is 0 Å². The molecule has 1 aliphatic carbocycles. The van der Waals surface area contributed by atoms with E-state index >= 15 is 0 Å². The third-order valence-corrected chi connectivity index (χ3v) is 5.23. The zero-order valence-electron chi connectivity index (χ0n) is 15.6. The molecule has 0 spiro atoms. The molecule has 1 atom stereocenters. The predicted molar refractivity (Wildman–Crippen MR) is 105 cm³/mol. The highest BCUT2D eigenvalue weighted by Gasteiger charge is 2.26. The number of amides is 1. The van der Waals surface area contributed by atoms with Gasteiger partial charge in [0.2, 0.25) is 0 Å². The van der Waals surface area contributed by atoms with E-state index in [1.165, 1.54) is 6.42 Å². The molecule has 142 valence electrons. The molecule has 1 aliphatic heterocycles. The molecule has 0 radical (unpaired) electrons. The fraction of sp³-hybridized carbons (Fsp3) is 0.455. The molecule has 1 N–H and O–H groups in total. The Hall–Kier alpha value is -2.40. The van der Waals surface area contributed by atoms with E-state index in [1.807, 2.05) is 42.6 Å². The van der Waals surface area contributed by atoms with Crippen LogP contribution >= 0.6 is 0 Å². The molecule has 1 saturated carbocycles. The molecule has 2 fully saturated rings. The first kappa shape index (κ1) is 18.0. The van der Waals surface area contributed by atoms with E-state index in [0.717, 1.165) is 44.6 Å². The SMILES string of the molecule is O=C(NC1CC1)c1ccccc1OCC1CCCN(Cc2ccccn2)C1. The van der Waals surface area contributed by atoms with Gasteiger partial charge >= 0.3 is 0 Å². The van der Waals surface area contributed by atoms with Gasteiger partial charge < -0.3 is 10.1 Å². The number of carbonyl (C=O) groups is 1. The van der Waals surface area contributed by atoms with Gasteiger partial charge in [-0.3, -0.25) is 14.7 Å². The Balaban J connectivity index is 1.32. The number of para-hydroxylation sites is 1. The van der Waals surface area contributed by atoms with Crippen molar-refractivity contribution in [1.82, 2.24) is 15.2 Å². The number of hydrogen-bond donors (Lipinski definition) is 1. The van der Waals surface area contributed by atoms with Gasteiger partial charge in [0, 0.05) is 31.2 Å². The lowest BCUT2D eigenvalue weighted by Crippen LogP contribution is -2.37. The maximum Gasteiger partial charge on any atom is 0.255 e. The Morgan fingerprint density at radius 2 is 2.00 bits per heavy atom. The van der Waals surface area contributed by atoms with Crippen molar-refractivity contribution in [2.24, 2.45) is 5.92 Å². The Kier molecular flexibility index (Phi) is 5.68. The standard InChI is InChI=1S/C22H27N3O2/c26-22(24-18-10-11-18)20-8-1-2-9-21(20)27-16-17-6-5-13-25(14-17)15-19-7-3-4-12-23-19/h1-4,7-9,12,17-18H,5-6,10-11,13-16H2,(H,24,26). The molecule has 1 unspecified atom stereocenters. The van der Waals surface area contributed by atoms with Gasteiger partial charge in [-0.2, -0.15) is 0 Å². The Morgan fingerprint density at radius 1 is 1.15 bits per heavy atom. The number of likely N-dealkylation sites (tertiary alicyclic amines) is 1. The van der Waals surface area contributed by atoms with E-state index in [0.29, 0.717) is 29.9 Å². The van der Waals surface area contributed by atoms with E-state index in [9.17, 15) is 4.79 Å². The summed E-state index contributed by atoms with van der Waals surface area (Å²) >= 11 is 0. The van der Waals surface area contributed by atoms with Crippen LogP contribution in [0.2, 0.25) is 0 Å². The molecule has 2 heterocycles. The quantitative estimate of drug-likeness (QED) is 0.818. The summed E-state index contributed by atoms with van der Waals surface area (Å²) in [6, 6.07) is 14.0. The van der Waals surface area contributed by atoms with Crippen LogP contribution in [0.5, 0.6) is 5.75 Å². The van der Waals surface area contributed by atoms with E-state index < -0.39 is 0 Å². The molecule has 5 heteroatoms. The zero-order chi connectivity index (χ0) is 18.5. The van der Waals surface area contributed by atoms with Crippen LogP contribution in [0.4, 0.5) is 0 Å². The number of aromatic nitrogens is 1. The minimum absolute atomic E-state index is 0.0199. The van der Waals surface area contributed by atoms with Crippen molar-refractivity contribution < 1.29 is 9.53 Å². The minimum Gasteiger partial charge on any atom is -0.492 e. The third kappa shape index (κ3) is 5.07. The van der Waals surface area contributed by atoms with Gasteiger partial charge in [-0.05, 0) is 56.5 Å². The van der Waals surface area contributed by atoms with Crippen molar-refractivity contribution in [2.75, 3.05) is 19.7 Å². The summed E-state index contributed by atoms with van der Waals surface area (Å²) in [5.41, 5.74) is 1.76. The van der Waals surface area contributed by atoms with E-state index in [2.05, 4.69) is 21.3 Å². The topological polar surface area (TPSA) is 54.5 Å². The molecule has 1 aromatic heterocycles. The number of hydrogen-bond acceptors (Lipinski definition) is 4. The van der Waals surface area contributed by atoms with Crippen molar-refractivity contribution in [3.8, 4) is 5.75 Å². The molecule has 2 aromatic rings. The highest BCUT2D eigenvalue weighted by atomic mass is 16.5. The first-order valence-corrected chi connectivity index (χ1v) is 9.93. The summed E-state index contributed by atoms with van der Waals surface area (Å²) in [6.45, 7) is 3.64. The highest BCUT2D eigenvalue weighted by Crippen LogP contribution is 2.24. The average molecular weight is 365 g/mol. The number of ether oxygens (including phenoxy) is 1. The minimum atomic E-state index is -0.0199. The van der Waals surface area contributed by atoms with Crippen LogP contribution in [0.3, 0.4) is 0 Å². The van der Waals surface area contributed by atoms with Crippen molar-refractivity contribution in [3.05, 3.63) is 59.9 Å². The number of benzene rings is 1. The number of rotatable bonds is 7. The van der Waals surface area contributed by atoms with Gasteiger partial charge in [0.15, 0.2) is 0 Å². The van der Waals surface area contributed by atoms with Crippen LogP contribution < -0.4 is 10.1 Å². The summed E-state index contributed by atoms with van der Waals surface area (Å²) in [6.07, 6.45) is 6.36. The number of nitrogens with zero attached hydrogens (tertiary/aromatic N) is 2. The van der Waals surface area contributed by atoms with Crippen LogP contribution in [0.15, 0.2) is 48.7 Å². The second-order valence-corrected chi connectivity index (χ2v) is 7.62. The Morgan fingerprint density at radius 3 is 2.81 bits per heavy atom. The predicted octanol–water partition coefficient (Wildman–Crippen LogP) is 3.26. The maximum atomic E-state index is 12.4. The molecule has 2 aliphatic rings. The van der Waals surface area contributed by atoms with Crippen molar-refractivity contribution in [2.45, 2.75) is 38.3 Å². The summed E-state index contributed by atoms with van der Waals surface area (Å²) in [4.78, 5) is 19.3. The number of nitrogens with one attached hydrogen (secondary N) is 1. The fourth-order valence-corrected chi connectivity index (χ4v) is 3.63. The monoisotopic (exact) mass is 365 g/mol. The third-order valence-electron chi connectivity index (χ3n) is 5.23. The normalized spacial score (nSPS) is 20.2. The summed E-state index contributed by atoms with van der Waals surface area (Å²) < 4.78 is 6.10. The van der Waals surface area contributed by atoms with Gasteiger partial charge in [-0.15, -0.1) is 0 Å². The average Bonchev–Trinajstić information content (AvgIpc) is 3.52. The largest absolute Gasteiger partial charge is 0.492 e. The van der Waals surface area contributed by atoms with Gasteiger partial charge in [-0.1, -0.05) is 18.2 Å². The number of carbonyl (C=O) groups excluding carboxylic acids is 1. The Bertz CT molecular complexity index is 761. The van der Waals surface area contributed by atoms with Gasteiger partial charge in [0.1, 0.15) is 5.75 Å². The van der Waals surface area contributed by atoms with Crippen LogP contribution in [0.25, 0.3) is 0 Å². The fourth-order valence-electron chi connectivity index (χ4n) is 3.63. The second-order valence-electron chi connectivity index (χ2n) is 7.62. The van der Waals surface area contributed by atoms with E-state index in [4.69, 9.17) is 4.74 Å². The first-order chi connectivity index (χ1) is 13.3. The first-order valence-electron chi connectivity index (χ1n) is 9.93. The molecule has 5 nitrogen and oxygen atoms in total. The van der Waals surface area contributed by atoms with Gasteiger partial charge in [0.25, 0.3) is 5.91 Å². The van der Waals surface area contributed by atoms with Gasteiger partial charge in [-0.25, -0.2) is 0 Å². The van der Waals surface area contributed by atoms with Gasteiger partial charge in [0.05, 0.1) is 17.9 Å². The molecule has 4 rings (SSSR count). The zero-order valence-corrected chi connectivity index (χ0v) is 15.6. The molecule has 1 amide bonds. The molecule has 1 saturated heterocycles. The van der Waals surface area contributed by atoms with Crippen LogP contribution in [-0.4, -0.2) is 41.5 Å². The van der Waals surface area contributed by atoms with Crippen LogP contribution in [-0.2, 0) is 6.54 Å². The van der Waals surface area contributed by atoms with E-state index in [1.54, 1.807) is 0 Å². The summed E-state index contributed by atoms with van der Waals surface area (Å²) in [5, 5.41) is 3.05.